The van der Waals surface area contributed by atoms with E-state index in [0.717, 1.165) is 57.0 Å². The summed E-state index contributed by atoms with van der Waals surface area (Å²) in [6.45, 7) is 8.91. The molecule has 1 saturated heterocycles. The Balaban J connectivity index is 1.58. The van der Waals surface area contributed by atoms with Gasteiger partial charge in [0.15, 0.2) is 0 Å². The molecule has 27 heavy (non-hydrogen) atoms. The van der Waals surface area contributed by atoms with Crippen LogP contribution in [-0.2, 0) is 13.0 Å². The SMILES string of the molecule is CCOc1cccc(C(=O)N2CCCN(Cc3ccc(CC)cn3)CC2)c1. The maximum absolute atomic E-state index is 12.9. The van der Waals surface area contributed by atoms with Crippen LogP contribution < -0.4 is 4.74 Å². The normalized spacial score (nSPS) is 15.4. The first-order chi connectivity index (χ1) is 13.2. The number of aryl methyl sites for hydroxylation is 1. The number of benzene rings is 1. The number of hydrogen-bond donors (Lipinski definition) is 0. The van der Waals surface area contributed by atoms with E-state index in [0.29, 0.717) is 12.2 Å². The molecule has 5 nitrogen and oxygen atoms in total. The van der Waals surface area contributed by atoms with E-state index in [-0.39, 0.29) is 5.91 Å². The van der Waals surface area contributed by atoms with Gasteiger partial charge in [-0.1, -0.05) is 19.1 Å². The highest BCUT2D eigenvalue weighted by Crippen LogP contribution is 2.16. The Labute approximate surface area is 162 Å². The van der Waals surface area contributed by atoms with Crippen molar-refractivity contribution < 1.29 is 9.53 Å². The van der Waals surface area contributed by atoms with E-state index in [4.69, 9.17) is 4.74 Å². The van der Waals surface area contributed by atoms with Crippen molar-refractivity contribution in [1.29, 1.82) is 0 Å². The van der Waals surface area contributed by atoms with Crippen LogP contribution in [0.1, 0.15) is 41.9 Å². The Morgan fingerprint density at radius 1 is 1.11 bits per heavy atom. The van der Waals surface area contributed by atoms with Crippen molar-refractivity contribution in [1.82, 2.24) is 14.8 Å². The van der Waals surface area contributed by atoms with Gasteiger partial charge in [0.2, 0.25) is 0 Å². The van der Waals surface area contributed by atoms with Gasteiger partial charge in [-0.3, -0.25) is 14.7 Å². The van der Waals surface area contributed by atoms with Crippen LogP contribution in [0.15, 0.2) is 42.6 Å². The molecule has 1 aliphatic heterocycles. The Morgan fingerprint density at radius 2 is 2.00 bits per heavy atom. The minimum absolute atomic E-state index is 0.0869. The average Bonchev–Trinajstić information content (AvgIpc) is 2.94. The highest BCUT2D eigenvalue weighted by atomic mass is 16.5. The van der Waals surface area contributed by atoms with Crippen molar-refractivity contribution >= 4 is 5.91 Å². The molecule has 0 N–H and O–H groups in total. The van der Waals surface area contributed by atoms with Crippen LogP contribution in [-0.4, -0.2) is 53.5 Å². The monoisotopic (exact) mass is 367 g/mol. The number of carbonyl (C=O) groups excluding carboxylic acids is 1. The number of hydrogen-bond acceptors (Lipinski definition) is 4. The van der Waals surface area contributed by atoms with Crippen molar-refractivity contribution in [2.24, 2.45) is 0 Å². The van der Waals surface area contributed by atoms with Crippen LogP contribution in [0.2, 0.25) is 0 Å². The molecular weight excluding hydrogens is 338 g/mol. The second-order valence-electron chi connectivity index (χ2n) is 6.89. The number of carbonyl (C=O) groups is 1. The Morgan fingerprint density at radius 3 is 2.74 bits per heavy atom. The van der Waals surface area contributed by atoms with Gasteiger partial charge >= 0.3 is 0 Å². The van der Waals surface area contributed by atoms with Gasteiger partial charge in [0.25, 0.3) is 5.91 Å². The van der Waals surface area contributed by atoms with Crippen LogP contribution in [0.3, 0.4) is 0 Å². The molecule has 144 valence electrons. The van der Waals surface area contributed by atoms with Gasteiger partial charge in [-0.25, -0.2) is 0 Å². The molecule has 0 saturated carbocycles. The minimum atomic E-state index is 0.0869. The third-order valence-electron chi connectivity index (χ3n) is 4.95. The lowest BCUT2D eigenvalue weighted by Crippen LogP contribution is -2.35. The molecule has 3 rings (SSSR count). The zero-order valence-corrected chi connectivity index (χ0v) is 16.4. The molecule has 0 radical (unpaired) electrons. The van der Waals surface area contributed by atoms with Crippen LogP contribution in [0.4, 0.5) is 0 Å². The molecule has 0 unspecified atom stereocenters. The molecule has 1 aromatic heterocycles. The maximum atomic E-state index is 12.9. The van der Waals surface area contributed by atoms with Crippen LogP contribution in [0.5, 0.6) is 5.75 Å². The van der Waals surface area contributed by atoms with Gasteiger partial charge in [-0.05, 0) is 49.6 Å². The number of rotatable bonds is 6. The number of aromatic nitrogens is 1. The lowest BCUT2D eigenvalue weighted by atomic mass is 10.2. The smallest absolute Gasteiger partial charge is 0.254 e. The quantitative estimate of drug-likeness (QED) is 0.785. The predicted octanol–water partition coefficient (Wildman–Crippen LogP) is 3.39. The highest BCUT2D eigenvalue weighted by Gasteiger charge is 2.21. The summed E-state index contributed by atoms with van der Waals surface area (Å²) in [5.74, 6) is 0.838. The largest absolute Gasteiger partial charge is 0.494 e. The zero-order chi connectivity index (χ0) is 19.1. The molecule has 2 aromatic rings. The van der Waals surface area contributed by atoms with E-state index in [1.54, 1.807) is 0 Å². The maximum Gasteiger partial charge on any atom is 0.254 e. The summed E-state index contributed by atoms with van der Waals surface area (Å²) in [6.07, 6.45) is 3.96. The third-order valence-corrected chi connectivity index (χ3v) is 4.95. The van der Waals surface area contributed by atoms with Crippen molar-refractivity contribution in [3.05, 3.63) is 59.4 Å². The van der Waals surface area contributed by atoms with Crippen LogP contribution in [0, 0.1) is 0 Å². The van der Waals surface area contributed by atoms with Crippen molar-refractivity contribution in [3.8, 4) is 5.75 Å². The first-order valence-corrected chi connectivity index (χ1v) is 9.88. The topological polar surface area (TPSA) is 45.7 Å². The van der Waals surface area contributed by atoms with Gasteiger partial charge in [-0.15, -0.1) is 0 Å². The van der Waals surface area contributed by atoms with Gasteiger partial charge < -0.3 is 9.64 Å². The van der Waals surface area contributed by atoms with Crippen LogP contribution in [0.25, 0.3) is 0 Å². The molecular formula is C22H29N3O2. The van der Waals surface area contributed by atoms with E-state index in [1.807, 2.05) is 42.3 Å². The second kappa shape index (κ2) is 9.51. The molecule has 2 heterocycles. The number of nitrogens with zero attached hydrogens (tertiary/aromatic N) is 3. The second-order valence-corrected chi connectivity index (χ2v) is 6.89. The van der Waals surface area contributed by atoms with Gasteiger partial charge in [0.1, 0.15) is 5.75 Å². The number of pyridine rings is 1. The number of ether oxygens (including phenoxy) is 1. The summed E-state index contributed by atoms with van der Waals surface area (Å²) in [4.78, 5) is 21.8. The average molecular weight is 367 g/mol. The van der Waals surface area contributed by atoms with Crippen molar-refractivity contribution in [3.63, 3.8) is 0 Å². The lowest BCUT2D eigenvalue weighted by molar-refractivity contribution is 0.0760. The standard InChI is InChI=1S/C22H29N3O2/c1-3-18-9-10-20(23-16-18)17-24-11-6-12-25(14-13-24)22(26)19-7-5-8-21(15-19)27-4-2/h5,7-10,15-16H,3-4,6,11-14,17H2,1-2H3. The molecule has 0 spiro atoms. The summed E-state index contributed by atoms with van der Waals surface area (Å²) in [5, 5.41) is 0. The zero-order valence-electron chi connectivity index (χ0n) is 16.4. The van der Waals surface area contributed by atoms with E-state index < -0.39 is 0 Å². The summed E-state index contributed by atoms with van der Waals surface area (Å²) < 4.78 is 5.52. The molecule has 1 aromatic carbocycles. The predicted molar refractivity (Wildman–Crippen MR) is 107 cm³/mol. The fourth-order valence-electron chi connectivity index (χ4n) is 3.39. The van der Waals surface area contributed by atoms with Gasteiger partial charge in [0.05, 0.1) is 12.3 Å². The molecule has 0 atom stereocenters. The fourth-order valence-corrected chi connectivity index (χ4v) is 3.39. The molecule has 5 heteroatoms. The van der Waals surface area contributed by atoms with E-state index >= 15 is 0 Å². The first kappa shape index (κ1) is 19.4. The Kier molecular flexibility index (Phi) is 6.82. The molecule has 1 amide bonds. The number of amides is 1. The summed E-state index contributed by atoms with van der Waals surface area (Å²) >= 11 is 0. The van der Waals surface area contributed by atoms with E-state index in [1.165, 1.54) is 5.56 Å². The van der Waals surface area contributed by atoms with E-state index in [2.05, 4.69) is 28.9 Å². The lowest BCUT2D eigenvalue weighted by Gasteiger charge is -2.22. The third kappa shape index (κ3) is 5.30. The molecule has 1 aliphatic rings. The molecule has 0 aliphatic carbocycles. The summed E-state index contributed by atoms with van der Waals surface area (Å²) in [6, 6.07) is 11.8. The highest BCUT2D eigenvalue weighted by molar-refractivity contribution is 5.94. The van der Waals surface area contributed by atoms with Crippen molar-refractivity contribution in [2.75, 3.05) is 32.8 Å². The van der Waals surface area contributed by atoms with Gasteiger partial charge in [0, 0.05) is 44.5 Å². The fraction of sp³-hybridized carbons (Fsp3) is 0.455. The summed E-state index contributed by atoms with van der Waals surface area (Å²) in [7, 11) is 0. The van der Waals surface area contributed by atoms with Crippen molar-refractivity contribution in [2.45, 2.75) is 33.2 Å². The van der Waals surface area contributed by atoms with Gasteiger partial charge in [-0.2, -0.15) is 0 Å². The summed E-state index contributed by atoms with van der Waals surface area (Å²) in [5.41, 5.74) is 3.06. The Bertz CT molecular complexity index is 745. The van der Waals surface area contributed by atoms with Crippen LogP contribution >= 0.6 is 0 Å². The minimum Gasteiger partial charge on any atom is -0.494 e. The first-order valence-electron chi connectivity index (χ1n) is 9.88. The Hall–Kier alpha value is -2.40. The van der Waals surface area contributed by atoms with E-state index in [9.17, 15) is 4.79 Å². The molecule has 0 bridgehead atoms. The molecule has 1 fully saturated rings.